The van der Waals surface area contributed by atoms with Crippen LogP contribution in [0.25, 0.3) is 6.08 Å². The lowest BCUT2D eigenvalue weighted by atomic mass is 10.0. The van der Waals surface area contributed by atoms with Gasteiger partial charge in [0.15, 0.2) is 11.5 Å². The Kier molecular flexibility index (Phi) is 27.3. The van der Waals surface area contributed by atoms with E-state index in [4.69, 9.17) is 31.8 Å². The Bertz CT molecular complexity index is 1170. The van der Waals surface area contributed by atoms with Gasteiger partial charge >= 0.3 is 0 Å². The van der Waals surface area contributed by atoms with Crippen LogP contribution in [0.5, 0.6) is 11.5 Å². The summed E-state index contributed by atoms with van der Waals surface area (Å²) in [4.78, 5) is 0. The van der Waals surface area contributed by atoms with Crippen molar-refractivity contribution in [3.8, 4) is 11.5 Å². The molecule has 1 aliphatic heterocycles. The Morgan fingerprint density at radius 2 is 1.65 bits per heavy atom. The maximum absolute atomic E-state index is 12.8. The molecule has 7 heteroatoms. The van der Waals surface area contributed by atoms with E-state index in [1.165, 1.54) is 34.9 Å². The second-order valence-electron chi connectivity index (χ2n) is 8.68. The molecule has 2 aromatic carbocycles. The van der Waals surface area contributed by atoms with Gasteiger partial charge in [-0.3, -0.25) is 0 Å². The van der Waals surface area contributed by atoms with Crippen molar-refractivity contribution in [3.05, 3.63) is 126 Å². The van der Waals surface area contributed by atoms with Gasteiger partial charge in [0, 0.05) is 31.0 Å². The van der Waals surface area contributed by atoms with Crippen molar-refractivity contribution in [1.82, 2.24) is 0 Å². The molecular weight excluding hydrogens is 541 g/mol. The molecule has 0 amide bonds. The first-order valence-electron chi connectivity index (χ1n) is 14.2. The zero-order valence-corrected chi connectivity index (χ0v) is 27.7. The van der Waals surface area contributed by atoms with Crippen LogP contribution in [0.3, 0.4) is 0 Å². The molecule has 7 N–H and O–H groups in total. The number of fused-ring (bicyclic) bond motifs is 1. The van der Waals surface area contributed by atoms with E-state index < -0.39 is 0 Å². The number of benzene rings is 2. The molecule has 0 radical (unpaired) electrons. The third-order valence-corrected chi connectivity index (χ3v) is 5.54. The summed E-state index contributed by atoms with van der Waals surface area (Å²) in [5.41, 5.74) is 23.1. The molecule has 1 heterocycles. The van der Waals surface area contributed by atoms with E-state index in [0.29, 0.717) is 19.0 Å². The maximum atomic E-state index is 12.8. The first-order valence-corrected chi connectivity index (χ1v) is 14.2. The molecule has 0 spiro atoms. The molecule has 1 aliphatic rings. The third kappa shape index (κ3) is 18.3. The Morgan fingerprint density at radius 3 is 2.02 bits per heavy atom. The van der Waals surface area contributed by atoms with E-state index in [0.717, 1.165) is 41.7 Å². The van der Waals surface area contributed by atoms with E-state index >= 15 is 0 Å². The number of rotatable bonds is 7. The van der Waals surface area contributed by atoms with E-state index in [9.17, 15) is 4.39 Å². The molecular formula is C36H56FN3O3. The second-order valence-corrected chi connectivity index (χ2v) is 8.68. The summed E-state index contributed by atoms with van der Waals surface area (Å²) in [6, 6.07) is 11.9. The molecule has 1 unspecified atom stereocenters. The monoisotopic (exact) mass is 597 g/mol. The van der Waals surface area contributed by atoms with E-state index in [2.05, 4.69) is 52.3 Å². The summed E-state index contributed by atoms with van der Waals surface area (Å²) in [6.07, 6.45) is 7.12. The number of halogens is 1. The summed E-state index contributed by atoms with van der Waals surface area (Å²) < 4.78 is 23.5. The standard InChI is InChI=1S/C10H16FN.C10H13NO2.C9H10.C4H7N.C2H6.CH4O/c1-5-9(11)6-10(7(2)3)8(4)12;1-2-8-7(5-11)3-4-9-10(8)13-6-12-9;1-3-9-7-5-4-6-8(9)2;1-3-4(2)5;2*1-2/h5-6,8H,2,12H2,1,3-4H3;3-4H,2,5-6,11H2,1H3;3-7H,1H2,2H3;3H,1-2,5H2;1-2H3;2H,1H3/b9-5+,10-6+;;;;;. The van der Waals surface area contributed by atoms with Gasteiger partial charge in [0.2, 0.25) is 6.79 Å². The molecule has 3 rings (SSSR count). The highest BCUT2D eigenvalue weighted by Crippen LogP contribution is 2.37. The molecule has 0 aliphatic carbocycles. The number of aliphatic hydroxyl groups excluding tert-OH is 1. The molecule has 2 aromatic rings. The fraction of sp³-hybridized carbons (Fsp3) is 0.333. The minimum absolute atomic E-state index is 0.173. The predicted octanol–water partition coefficient (Wildman–Crippen LogP) is 8.06. The van der Waals surface area contributed by atoms with Gasteiger partial charge in [-0.2, -0.15) is 0 Å². The van der Waals surface area contributed by atoms with Crippen LogP contribution in [0.4, 0.5) is 4.39 Å². The van der Waals surface area contributed by atoms with Gasteiger partial charge in [-0.05, 0) is 74.6 Å². The molecule has 240 valence electrons. The highest BCUT2D eigenvalue weighted by molar-refractivity contribution is 5.52. The summed E-state index contributed by atoms with van der Waals surface area (Å²) in [7, 11) is 1.00. The molecule has 6 nitrogen and oxygen atoms in total. The van der Waals surface area contributed by atoms with Gasteiger partial charge in [0.05, 0.1) is 0 Å². The van der Waals surface area contributed by atoms with Crippen molar-refractivity contribution in [2.24, 2.45) is 17.2 Å². The second kappa shape index (κ2) is 27.0. The zero-order valence-electron chi connectivity index (χ0n) is 27.7. The number of aryl methyl sites for hydroxylation is 1. The lowest BCUT2D eigenvalue weighted by Gasteiger charge is -2.10. The van der Waals surface area contributed by atoms with Crippen molar-refractivity contribution in [2.75, 3.05) is 13.9 Å². The fourth-order valence-corrected chi connectivity index (χ4v) is 3.34. The minimum Gasteiger partial charge on any atom is -0.454 e. The highest BCUT2D eigenvalue weighted by Gasteiger charge is 2.18. The molecule has 0 fully saturated rings. The van der Waals surface area contributed by atoms with Crippen molar-refractivity contribution in [1.29, 1.82) is 0 Å². The summed E-state index contributed by atoms with van der Waals surface area (Å²) >= 11 is 0. The van der Waals surface area contributed by atoms with Crippen LogP contribution in [-0.2, 0) is 13.0 Å². The smallest absolute Gasteiger partial charge is 0.231 e. The van der Waals surface area contributed by atoms with E-state index in [1.807, 2.05) is 58.0 Å². The number of ether oxygens (including phenoxy) is 2. The maximum Gasteiger partial charge on any atom is 0.231 e. The molecule has 0 bridgehead atoms. The van der Waals surface area contributed by atoms with E-state index in [-0.39, 0.29) is 11.9 Å². The SMILES string of the molecule is C=C(C)/C(=C\C(F)=C/C)C(C)N.C=CC(=C)N.C=Cc1ccccc1C.CC.CCc1c(CN)ccc2c1OCO2.CO. The van der Waals surface area contributed by atoms with Crippen LogP contribution >= 0.6 is 0 Å². The van der Waals surface area contributed by atoms with Crippen molar-refractivity contribution >= 4 is 6.08 Å². The average Bonchev–Trinajstić information content (AvgIpc) is 3.51. The van der Waals surface area contributed by atoms with Gasteiger partial charge in [0.25, 0.3) is 0 Å². The van der Waals surface area contributed by atoms with Crippen LogP contribution in [-0.4, -0.2) is 25.1 Å². The highest BCUT2D eigenvalue weighted by atomic mass is 19.1. The number of aliphatic hydroxyl groups is 1. The lowest BCUT2D eigenvalue weighted by Crippen LogP contribution is -2.18. The van der Waals surface area contributed by atoms with Crippen LogP contribution in [0.1, 0.15) is 63.8 Å². The minimum atomic E-state index is -0.273. The summed E-state index contributed by atoms with van der Waals surface area (Å²) in [5, 5.41) is 7.00. The molecule has 43 heavy (non-hydrogen) atoms. The number of hydrogen-bond donors (Lipinski definition) is 4. The summed E-state index contributed by atoms with van der Waals surface area (Å²) in [6.45, 7) is 28.4. The van der Waals surface area contributed by atoms with Gasteiger partial charge in [-0.1, -0.05) is 95.1 Å². The largest absolute Gasteiger partial charge is 0.454 e. The lowest BCUT2D eigenvalue weighted by molar-refractivity contribution is 0.173. The number of hydrogen-bond acceptors (Lipinski definition) is 6. The molecule has 1 atom stereocenters. The van der Waals surface area contributed by atoms with Gasteiger partial charge < -0.3 is 31.8 Å². The Hall–Kier alpha value is -3.91. The molecule has 0 saturated heterocycles. The van der Waals surface area contributed by atoms with Gasteiger partial charge in [0.1, 0.15) is 5.83 Å². The quantitative estimate of drug-likeness (QED) is 0.240. The first kappa shape index (κ1) is 43.5. The average molecular weight is 598 g/mol. The van der Waals surface area contributed by atoms with Crippen molar-refractivity contribution in [2.45, 2.75) is 67.5 Å². The van der Waals surface area contributed by atoms with Gasteiger partial charge in [-0.25, -0.2) is 4.39 Å². The molecule has 0 saturated carbocycles. The van der Waals surface area contributed by atoms with Gasteiger partial charge in [-0.15, -0.1) is 0 Å². The Labute approximate surface area is 260 Å². The first-order chi connectivity index (χ1) is 20.5. The Balaban J connectivity index is -0.000000496. The van der Waals surface area contributed by atoms with Crippen LogP contribution in [0.15, 0.2) is 104 Å². The summed E-state index contributed by atoms with van der Waals surface area (Å²) in [5.74, 6) is 1.45. The zero-order chi connectivity index (χ0) is 34.0. The molecule has 0 aromatic heterocycles. The fourth-order valence-electron chi connectivity index (χ4n) is 3.34. The van der Waals surface area contributed by atoms with Crippen LogP contribution < -0.4 is 26.7 Å². The normalized spacial score (nSPS) is 11.4. The predicted molar refractivity (Wildman–Crippen MR) is 186 cm³/mol. The van der Waals surface area contributed by atoms with Crippen LogP contribution in [0.2, 0.25) is 0 Å². The van der Waals surface area contributed by atoms with E-state index in [1.54, 1.807) is 6.92 Å². The van der Waals surface area contributed by atoms with Crippen molar-refractivity contribution < 1.29 is 19.0 Å². The van der Waals surface area contributed by atoms with Crippen molar-refractivity contribution in [3.63, 3.8) is 0 Å². The topological polar surface area (TPSA) is 117 Å². The number of allylic oxidation sites excluding steroid dienone is 4. The third-order valence-electron chi connectivity index (χ3n) is 5.54. The van der Waals surface area contributed by atoms with Crippen LogP contribution in [0, 0.1) is 6.92 Å². The number of nitrogens with two attached hydrogens (primary N) is 3. The Morgan fingerprint density at radius 1 is 1.09 bits per heavy atom.